The minimum atomic E-state index is -1.07. The predicted molar refractivity (Wildman–Crippen MR) is 203 cm³/mol. The van der Waals surface area contributed by atoms with Crippen molar-refractivity contribution >= 4 is 23.9 Å². The van der Waals surface area contributed by atoms with Crippen molar-refractivity contribution in [3.05, 3.63) is 109 Å². The molecule has 1 atom stereocenters. The smallest absolute Gasteiger partial charge is 0.329 e. The zero-order valence-corrected chi connectivity index (χ0v) is 30.1. The number of nitrogens with one attached hydrogen (secondary N) is 2. The van der Waals surface area contributed by atoms with E-state index >= 15 is 0 Å². The zero-order valence-electron chi connectivity index (χ0n) is 30.1. The summed E-state index contributed by atoms with van der Waals surface area (Å²) in [5.41, 5.74) is 1.84. The maximum absolute atomic E-state index is 12.7. The van der Waals surface area contributed by atoms with Gasteiger partial charge in [-0.25, -0.2) is 4.79 Å². The standard InChI is InChI=1S/C41H59N3O6/c1-3-5-6-7-8-9-10-11-12-13-14-15-16-17-18-19-20-21-22-27-39(47)42-31-24-26-38(41(49)50-37(33-45)34-46)44-40(48)28-23-25-35-29-30-36(4-2)43-32-35/h5-6,8-9,11-12,14-15,17-18,20-21,23,25,29-30,32,37-38,45-46H,3-4,7,10,13,16,19,22,24,26-28,31,33-34H2,1-2H3,(H,42,47)(H,44,48). The van der Waals surface area contributed by atoms with Crippen molar-refractivity contribution in [2.45, 2.75) is 103 Å². The molecule has 9 heteroatoms. The van der Waals surface area contributed by atoms with Crippen LogP contribution in [0.2, 0.25) is 0 Å². The van der Waals surface area contributed by atoms with E-state index in [1.54, 1.807) is 18.3 Å². The van der Waals surface area contributed by atoms with Gasteiger partial charge in [0, 0.05) is 31.3 Å². The van der Waals surface area contributed by atoms with E-state index in [0.717, 1.165) is 56.2 Å². The monoisotopic (exact) mass is 689 g/mol. The van der Waals surface area contributed by atoms with Crippen LogP contribution in [0.1, 0.15) is 95.7 Å². The van der Waals surface area contributed by atoms with Gasteiger partial charge in [0.15, 0.2) is 0 Å². The molecule has 0 saturated heterocycles. The average Bonchev–Trinajstić information content (AvgIpc) is 3.12. The Kier molecular flexibility index (Phi) is 26.8. The van der Waals surface area contributed by atoms with Crippen LogP contribution in [0, 0.1) is 0 Å². The third kappa shape index (κ3) is 23.9. The van der Waals surface area contributed by atoms with Gasteiger partial charge < -0.3 is 25.6 Å². The Bertz CT molecular complexity index is 1270. The van der Waals surface area contributed by atoms with Gasteiger partial charge in [0.1, 0.15) is 12.1 Å². The minimum absolute atomic E-state index is 0.0358. The number of pyridine rings is 1. The lowest BCUT2D eigenvalue weighted by molar-refractivity contribution is -0.157. The summed E-state index contributed by atoms with van der Waals surface area (Å²) in [5.74, 6) is -1.23. The average molecular weight is 690 g/mol. The highest BCUT2D eigenvalue weighted by Gasteiger charge is 2.24. The summed E-state index contributed by atoms with van der Waals surface area (Å²) in [4.78, 5) is 41.9. The van der Waals surface area contributed by atoms with Gasteiger partial charge in [-0.1, -0.05) is 105 Å². The number of nitrogens with zero attached hydrogens (tertiary/aromatic N) is 1. The largest absolute Gasteiger partial charge is 0.456 e. The van der Waals surface area contributed by atoms with Crippen LogP contribution >= 0.6 is 0 Å². The second-order valence-corrected chi connectivity index (χ2v) is 11.5. The minimum Gasteiger partial charge on any atom is -0.456 e. The number of aliphatic hydroxyl groups excluding tert-OH is 2. The number of aliphatic hydroxyl groups is 2. The van der Waals surface area contributed by atoms with Crippen molar-refractivity contribution in [2.24, 2.45) is 0 Å². The fraction of sp³-hybridized carbons (Fsp3) is 0.463. The number of ether oxygens (including phenoxy) is 1. The number of amides is 2. The Labute approximate surface area is 299 Å². The third-order valence-corrected chi connectivity index (χ3v) is 7.26. The molecule has 9 nitrogen and oxygen atoms in total. The van der Waals surface area contributed by atoms with Crippen molar-refractivity contribution in [1.82, 2.24) is 15.6 Å². The highest BCUT2D eigenvalue weighted by atomic mass is 16.6. The number of carbonyl (C=O) groups excluding carboxylic acids is 3. The van der Waals surface area contributed by atoms with Crippen molar-refractivity contribution in [1.29, 1.82) is 0 Å². The molecule has 274 valence electrons. The van der Waals surface area contributed by atoms with Gasteiger partial charge in [-0.05, 0) is 75.8 Å². The summed E-state index contributed by atoms with van der Waals surface area (Å²) in [6, 6.07) is 2.86. The summed E-state index contributed by atoms with van der Waals surface area (Å²) < 4.78 is 5.15. The molecule has 0 saturated carbocycles. The first-order chi connectivity index (χ1) is 24.4. The first-order valence-electron chi connectivity index (χ1n) is 17.9. The number of carbonyl (C=O) groups is 3. The van der Waals surface area contributed by atoms with E-state index < -0.39 is 31.3 Å². The van der Waals surface area contributed by atoms with Crippen LogP contribution in [0.4, 0.5) is 0 Å². The Morgan fingerprint density at radius 2 is 1.36 bits per heavy atom. The molecular weight excluding hydrogens is 630 g/mol. The molecule has 4 N–H and O–H groups in total. The Hall–Kier alpha value is -4.34. The molecular formula is C41H59N3O6. The zero-order chi connectivity index (χ0) is 36.5. The summed E-state index contributed by atoms with van der Waals surface area (Å²) in [6.45, 7) is 3.41. The molecule has 0 fully saturated rings. The molecule has 2 amide bonds. The van der Waals surface area contributed by atoms with E-state index in [2.05, 4.69) is 83.3 Å². The topological polar surface area (TPSA) is 138 Å². The summed E-state index contributed by atoms with van der Waals surface area (Å²) in [5, 5.41) is 24.1. The van der Waals surface area contributed by atoms with E-state index in [-0.39, 0.29) is 24.7 Å². The van der Waals surface area contributed by atoms with Crippen LogP contribution in [0.3, 0.4) is 0 Å². The van der Waals surface area contributed by atoms with Crippen LogP contribution in [0.25, 0.3) is 6.08 Å². The number of esters is 1. The normalized spacial score (nSPS) is 13.0. The first-order valence-corrected chi connectivity index (χ1v) is 17.9. The van der Waals surface area contributed by atoms with Gasteiger partial charge in [-0.2, -0.15) is 0 Å². The van der Waals surface area contributed by atoms with Crippen molar-refractivity contribution in [3.63, 3.8) is 0 Å². The quantitative estimate of drug-likeness (QED) is 0.0453. The summed E-state index contributed by atoms with van der Waals surface area (Å²) in [7, 11) is 0. The molecule has 1 unspecified atom stereocenters. The molecule has 0 aliphatic carbocycles. The molecule has 0 spiro atoms. The molecule has 0 aliphatic rings. The summed E-state index contributed by atoms with van der Waals surface area (Å²) in [6.07, 6.45) is 38.0. The molecule has 1 aromatic heterocycles. The second-order valence-electron chi connectivity index (χ2n) is 11.5. The molecule has 0 bridgehead atoms. The lowest BCUT2D eigenvalue weighted by Gasteiger charge is -2.20. The van der Waals surface area contributed by atoms with Crippen molar-refractivity contribution in [2.75, 3.05) is 19.8 Å². The third-order valence-electron chi connectivity index (χ3n) is 7.26. The van der Waals surface area contributed by atoms with Crippen LogP contribution in [-0.4, -0.2) is 64.9 Å². The number of aryl methyl sites for hydroxylation is 1. The molecule has 50 heavy (non-hydrogen) atoms. The Morgan fingerprint density at radius 3 is 1.88 bits per heavy atom. The SMILES string of the molecule is CCC=CCC=CCC=CCC=CCC=CCC=CCCC(=O)NCCCC(NC(=O)CC=Cc1ccc(CC)nc1)C(=O)OC(CO)CO. The van der Waals surface area contributed by atoms with E-state index in [9.17, 15) is 24.6 Å². The van der Waals surface area contributed by atoms with Crippen LogP contribution in [0.5, 0.6) is 0 Å². The second kappa shape index (κ2) is 30.7. The number of aromatic nitrogens is 1. The highest BCUT2D eigenvalue weighted by molar-refractivity contribution is 5.85. The maximum Gasteiger partial charge on any atom is 0.329 e. The van der Waals surface area contributed by atoms with Gasteiger partial charge >= 0.3 is 5.97 Å². The lowest BCUT2D eigenvalue weighted by atomic mass is 10.1. The van der Waals surface area contributed by atoms with E-state index in [1.165, 1.54) is 0 Å². The maximum atomic E-state index is 12.7. The Morgan fingerprint density at radius 1 is 0.780 bits per heavy atom. The number of hydrogen-bond acceptors (Lipinski definition) is 7. The lowest BCUT2D eigenvalue weighted by Crippen LogP contribution is -2.44. The fourth-order valence-electron chi connectivity index (χ4n) is 4.40. The van der Waals surface area contributed by atoms with Gasteiger partial charge in [-0.15, -0.1) is 0 Å². The van der Waals surface area contributed by atoms with Gasteiger partial charge in [0.25, 0.3) is 0 Å². The molecule has 0 radical (unpaired) electrons. The van der Waals surface area contributed by atoms with E-state index in [0.29, 0.717) is 25.8 Å². The predicted octanol–water partition coefficient (Wildman–Crippen LogP) is 6.80. The van der Waals surface area contributed by atoms with Gasteiger partial charge in [0.2, 0.25) is 11.8 Å². The van der Waals surface area contributed by atoms with Crippen molar-refractivity contribution < 1.29 is 29.3 Å². The number of allylic oxidation sites excluding steroid dienone is 12. The van der Waals surface area contributed by atoms with Gasteiger partial charge in [-0.3, -0.25) is 14.6 Å². The van der Waals surface area contributed by atoms with Crippen LogP contribution < -0.4 is 10.6 Å². The number of hydrogen-bond donors (Lipinski definition) is 4. The highest BCUT2D eigenvalue weighted by Crippen LogP contribution is 2.07. The Balaban J connectivity index is 2.31. The fourth-order valence-corrected chi connectivity index (χ4v) is 4.40. The van der Waals surface area contributed by atoms with E-state index in [4.69, 9.17) is 4.74 Å². The molecule has 0 aromatic carbocycles. The van der Waals surface area contributed by atoms with Gasteiger partial charge in [0.05, 0.1) is 13.2 Å². The molecule has 1 aromatic rings. The first kappa shape index (κ1) is 43.7. The van der Waals surface area contributed by atoms with E-state index in [1.807, 2.05) is 31.2 Å². The number of rotatable bonds is 27. The van der Waals surface area contributed by atoms with Crippen molar-refractivity contribution in [3.8, 4) is 0 Å². The molecule has 0 aliphatic heterocycles. The van der Waals surface area contributed by atoms with Crippen LogP contribution in [0.15, 0.2) is 97.3 Å². The van der Waals surface area contributed by atoms with Crippen LogP contribution in [-0.2, 0) is 25.5 Å². The molecule has 1 rings (SSSR count). The molecule has 1 heterocycles. The summed E-state index contributed by atoms with van der Waals surface area (Å²) >= 11 is 0.